The highest BCUT2D eigenvalue weighted by atomic mass is 16.5. The molecule has 1 aliphatic rings. The van der Waals surface area contributed by atoms with Gasteiger partial charge in [-0.3, -0.25) is 0 Å². The summed E-state index contributed by atoms with van der Waals surface area (Å²) in [5, 5.41) is 0. The molecule has 2 N–H and O–H groups in total. The van der Waals surface area contributed by atoms with Gasteiger partial charge in [-0.1, -0.05) is 19.1 Å². The second-order valence-electron chi connectivity index (χ2n) is 4.21. The molecule has 1 aromatic rings. The monoisotopic (exact) mass is 191 g/mol. The Bertz CT molecular complexity index is 320. The molecule has 2 atom stereocenters. The van der Waals surface area contributed by atoms with Crippen molar-refractivity contribution in [1.29, 1.82) is 0 Å². The third kappa shape index (κ3) is 1.30. The smallest absolute Gasteiger partial charge is 0.118 e. The van der Waals surface area contributed by atoms with Crippen molar-refractivity contribution in [2.24, 2.45) is 11.7 Å². The van der Waals surface area contributed by atoms with Crippen LogP contribution in [0.15, 0.2) is 24.3 Å². The Morgan fingerprint density at radius 2 is 2.00 bits per heavy atom. The molecule has 2 heteroatoms. The van der Waals surface area contributed by atoms with Crippen molar-refractivity contribution in [1.82, 2.24) is 0 Å². The second-order valence-corrected chi connectivity index (χ2v) is 4.21. The molecular formula is C12H17NO. The van der Waals surface area contributed by atoms with Crippen LogP contribution in [0.1, 0.15) is 25.3 Å². The van der Waals surface area contributed by atoms with Crippen molar-refractivity contribution in [2.75, 3.05) is 7.11 Å². The predicted octanol–water partition coefficient (Wildman–Crippen LogP) is 2.28. The lowest BCUT2D eigenvalue weighted by molar-refractivity contribution is 0.145. The Morgan fingerprint density at radius 3 is 2.36 bits per heavy atom. The number of ether oxygens (including phenoxy) is 1. The van der Waals surface area contributed by atoms with Gasteiger partial charge in [-0.05, 0) is 36.5 Å². The summed E-state index contributed by atoms with van der Waals surface area (Å²) in [4.78, 5) is 0. The fraction of sp³-hybridized carbons (Fsp3) is 0.500. The van der Waals surface area contributed by atoms with E-state index in [0.717, 1.165) is 12.2 Å². The van der Waals surface area contributed by atoms with E-state index in [0.29, 0.717) is 5.92 Å². The summed E-state index contributed by atoms with van der Waals surface area (Å²) < 4.78 is 5.12. The van der Waals surface area contributed by atoms with Gasteiger partial charge in [-0.2, -0.15) is 0 Å². The van der Waals surface area contributed by atoms with E-state index in [1.807, 2.05) is 12.1 Å². The van der Waals surface area contributed by atoms with E-state index in [9.17, 15) is 0 Å². The number of hydrogen-bond acceptors (Lipinski definition) is 2. The number of benzene rings is 1. The highest BCUT2D eigenvalue weighted by molar-refractivity contribution is 5.33. The van der Waals surface area contributed by atoms with Crippen molar-refractivity contribution in [3.05, 3.63) is 29.8 Å². The van der Waals surface area contributed by atoms with Gasteiger partial charge in [-0.15, -0.1) is 0 Å². The van der Waals surface area contributed by atoms with E-state index in [-0.39, 0.29) is 5.54 Å². The highest BCUT2D eigenvalue weighted by Gasteiger charge is 2.41. The predicted molar refractivity (Wildman–Crippen MR) is 57.3 cm³/mol. The Hall–Kier alpha value is -1.02. The van der Waals surface area contributed by atoms with Crippen LogP contribution in [0.25, 0.3) is 0 Å². The van der Waals surface area contributed by atoms with E-state index in [4.69, 9.17) is 10.5 Å². The van der Waals surface area contributed by atoms with Gasteiger partial charge in [0.2, 0.25) is 0 Å². The summed E-state index contributed by atoms with van der Waals surface area (Å²) in [5.41, 5.74) is 7.46. The summed E-state index contributed by atoms with van der Waals surface area (Å²) in [6.45, 7) is 2.22. The van der Waals surface area contributed by atoms with Gasteiger partial charge in [0, 0.05) is 5.54 Å². The Kier molecular flexibility index (Phi) is 2.23. The first-order valence-electron chi connectivity index (χ1n) is 5.10. The minimum absolute atomic E-state index is 0.0910. The Balaban J connectivity index is 2.24. The van der Waals surface area contributed by atoms with Crippen molar-refractivity contribution in [3.63, 3.8) is 0 Å². The van der Waals surface area contributed by atoms with E-state index >= 15 is 0 Å². The molecule has 0 spiro atoms. The third-order valence-corrected chi connectivity index (χ3v) is 3.50. The van der Waals surface area contributed by atoms with Crippen LogP contribution < -0.4 is 10.5 Å². The molecule has 1 saturated carbocycles. The molecule has 0 radical (unpaired) electrons. The molecule has 1 fully saturated rings. The standard InChI is InChI=1S/C12H17NO/c1-9-7-8-12(9,13)10-3-5-11(14-2)6-4-10/h3-6,9H,7-8,13H2,1-2H3. The average molecular weight is 191 g/mol. The van der Waals surface area contributed by atoms with Gasteiger partial charge in [0.25, 0.3) is 0 Å². The first-order valence-corrected chi connectivity index (χ1v) is 5.10. The van der Waals surface area contributed by atoms with Crippen LogP contribution in [0.4, 0.5) is 0 Å². The van der Waals surface area contributed by atoms with Crippen LogP contribution in [-0.4, -0.2) is 7.11 Å². The van der Waals surface area contributed by atoms with Crippen LogP contribution in [-0.2, 0) is 5.54 Å². The number of rotatable bonds is 2. The molecule has 0 amide bonds. The van der Waals surface area contributed by atoms with Crippen molar-refractivity contribution in [3.8, 4) is 5.75 Å². The maximum atomic E-state index is 6.32. The zero-order chi connectivity index (χ0) is 10.2. The SMILES string of the molecule is COc1ccc(C2(N)CCC2C)cc1. The fourth-order valence-electron chi connectivity index (χ4n) is 2.07. The van der Waals surface area contributed by atoms with Crippen LogP contribution >= 0.6 is 0 Å². The van der Waals surface area contributed by atoms with Crippen LogP contribution in [0, 0.1) is 5.92 Å². The van der Waals surface area contributed by atoms with Gasteiger partial charge in [-0.25, -0.2) is 0 Å². The minimum Gasteiger partial charge on any atom is -0.497 e. The van der Waals surface area contributed by atoms with E-state index in [1.165, 1.54) is 12.0 Å². The quantitative estimate of drug-likeness (QED) is 0.778. The maximum absolute atomic E-state index is 6.32. The van der Waals surface area contributed by atoms with E-state index in [2.05, 4.69) is 19.1 Å². The first-order chi connectivity index (χ1) is 6.66. The molecule has 2 nitrogen and oxygen atoms in total. The molecule has 0 aromatic heterocycles. The lowest BCUT2D eigenvalue weighted by Crippen LogP contribution is -2.50. The molecule has 2 rings (SSSR count). The topological polar surface area (TPSA) is 35.2 Å². The molecular weight excluding hydrogens is 174 g/mol. The van der Waals surface area contributed by atoms with Crippen molar-refractivity contribution < 1.29 is 4.74 Å². The van der Waals surface area contributed by atoms with Gasteiger partial charge in [0.1, 0.15) is 5.75 Å². The van der Waals surface area contributed by atoms with Gasteiger partial charge >= 0.3 is 0 Å². The first kappa shape index (κ1) is 9.53. The normalized spacial score (nSPS) is 30.9. The maximum Gasteiger partial charge on any atom is 0.118 e. The highest BCUT2D eigenvalue weighted by Crippen LogP contribution is 2.44. The summed E-state index contributed by atoms with van der Waals surface area (Å²) in [6.07, 6.45) is 2.34. The number of methoxy groups -OCH3 is 1. The lowest BCUT2D eigenvalue weighted by atomic mass is 9.64. The van der Waals surface area contributed by atoms with Gasteiger partial charge < -0.3 is 10.5 Å². The number of nitrogens with two attached hydrogens (primary N) is 1. The van der Waals surface area contributed by atoms with Crippen LogP contribution in [0.2, 0.25) is 0 Å². The van der Waals surface area contributed by atoms with E-state index < -0.39 is 0 Å². The Morgan fingerprint density at radius 1 is 1.36 bits per heavy atom. The molecule has 1 aliphatic carbocycles. The summed E-state index contributed by atoms with van der Waals surface area (Å²) in [5.74, 6) is 1.49. The largest absolute Gasteiger partial charge is 0.497 e. The number of hydrogen-bond donors (Lipinski definition) is 1. The zero-order valence-corrected chi connectivity index (χ0v) is 8.79. The van der Waals surface area contributed by atoms with Crippen LogP contribution in [0.5, 0.6) is 5.75 Å². The van der Waals surface area contributed by atoms with E-state index in [1.54, 1.807) is 7.11 Å². The average Bonchev–Trinajstić information content (AvgIpc) is 2.26. The Labute approximate surface area is 85.1 Å². The summed E-state index contributed by atoms with van der Waals surface area (Å²) in [7, 11) is 1.68. The van der Waals surface area contributed by atoms with Crippen LogP contribution in [0.3, 0.4) is 0 Å². The van der Waals surface area contributed by atoms with Crippen molar-refractivity contribution >= 4 is 0 Å². The van der Waals surface area contributed by atoms with Gasteiger partial charge in [0.05, 0.1) is 7.11 Å². The molecule has 0 heterocycles. The zero-order valence-electron chi connectivity index (χ0n) is 8.79. The fourth-order valence-corrected chi connectivity index (χ4v) is 2.07. The molecule has 0 aliphatic heterocycles. The molecule has 14 heavy (non-hydrogen) atoms. The molecule has 1 aromatic carbocycles. The third-order valence-electron chi connectivity index (χ3n) is 3.50. The lowest BCUT2D eigenvalue weighted by Gasteiger charge is -2.45. The summed E-state index contributed by atoms with van der Waals surface area (Å²) >= 11 is 0. The van der Waals surface area contributed by atoms with Gasteiger partial charge in [0.15, 0.2) is 0 Å². The molecule has 2 unspecified atom stereocenters. The molecule has 0 bridgehead atoms. The summed E-state index contributed by atoms with van der Waals surface area (Å²) in [6, 6.07) is 8.12. The molecule has 76 valence electrons. The minimum atomic E-state index is -0.0910. The van der Waals surface area contributed by atoms with Crippen molar-refractivity contribution in [2.45, 2.75) is 25.3 Å². The molecule has 0 saturated heterocycles. The second kappa shape index (κ2) is 3.28.